The summed E-state index contributed by atoms with van der Waals surface area (Å²) in [5.41, 5.74) is 0. The molecule has 2 aromatic heterocycles. The first-order valence-corrected chi connectivity index (χ1v) is 11.9. The average Bonchev–Trinajstić information content (AvgIpc) is 3.40. The van der Waals surface area contributed by atoms with Crippen LogP contribution < -0.4 is 10.6 Å². The lowest BCUT2D eigenvalue weighted by atomic mass is 9.82. The predicted octanol–water partition coefficient (Wildman–Crippen LogP) is 5.39. The van der Waals surface area contributed by atoms with Gasteiger partial charge in [-0.3, -0.25) is 9.59 Å². The van der Waals surface area contributed by atoms with Crippen LogP contribution in [0, 0.1) is 0 Å². The Morgan fingerprint density at radius 2 is 1.18 bits per heavy atom. The molecule has 2 aromatic rings. The molecule has 188 valence electrons. The number of carbonyl (C=O) groups is 2. The van der Waals surface area contributed by atoms with Crippen molar-refractivity contribution in [3.8, 4) is 0 Å². The van der Waals surface area contributed by atoms with Gasteiger partial charge in [-0.25, -0.2) is 0 Å². The molecule has 0 aliphatic heterocycles. The van der Waals surface area contributed by atoms with Gasteiger partial charge in [-0.15, -0.1) is 20.4 Å². The highest BCUT2D eigenvalue weighted by atomic mass is 32.1. The van der Waals surface area contributed by atoms with E-state index in [0.29, 0.717) is 16.4 Å². The second-order valence-corrected chi connectivity index (χ2v) is 9.80. The number of aromatic nitrogens is 4. The van der Waals surface area contributed by atoms with Gasteiger partial charge >= 0.3 is 12.4 Å². The summed E-state index contributed by atoms with van der Waals surface area (Å²) in [5.74, 6) is -1.60. The molecule has 8 nitrogen and oxygen atoms in total. The zero-order chi connectivity index (χ0) is 24.9. The molecular formula is C18H20F6N6O2S2. The van der Waals surface area contributed by atoms with E-state index < -0.39 is 49.9 Å². The van der Waals surface area contributed by atoms with Crippen LogP contribution in [0.25, 0.3) is 0 Å². The van der Waals surface area contributed by atoms with Crippen LogP contribution in [0.2, 0.25) is 0 Å². The molecule has 0 spiro atoms. The maximum Gasteiger partial charge on any atom is 0.389 e. The van der Waals surface area contributed by atoms with Crippen LogP contribution in [0.4, 0.5) is 36.6 Å². The first kappa shape index (κ1) is 26.2. The van der Waals surface area contributed by atoms with Crippen molar-refractivity contribution in [1.29, 1.82) is 0 Å². The minimum Gasteiger partial charge on any atom is -0.301 e. The van der Waals surface area contributed by atoms with Crippen LogP contribution in [-0.2, 0) is 9.59 Å². The van der Waals surface area contributed by atoms with Gasteiger partial charge in [0.05, 0.1) is 12.8 Å². The van der Waals surface area contributed by atoms with Crippen LogP contribution in [0.1, 0.15) is 73.2 Å². The summed E-state index contributed by atoms with van der Waals surface area (Å²) in [6.45, 7) is 0. The zero-order valence-electron chi connectivity index (χ0n) is 17.5. The Kier molecular flexibility index (Phi) is 8.43. The second-order valence-electron chi connectivity index (χ2n) is 7.78. The zero-order valence-corrected chi connectivity index (χ0v) is 19.1. The third-order valence-corrected chi connectivity index (χ3v) is 7.02. The largest absolute Gasteiger partial charge is 0.389 e. The van der Waals surface area contributed by atoms with Crippen LogP contribution in [0.15, 0.2) is 0 Å². The molecule has 0 radical (unpaired) electrons. The predicted molar refractivity (Wildman–Crippen MR) is 112 cm³/mol. The minimum absolute atomic E-state index is 0.00851. The Labute approximate surface area is 197 Å². The highest BCUT2D eigenvalue weighted by molar-refractivity contribution is 7.15. The highest BCUT2D eigenvalue weighted by Crippen LogP contribution is 2.43. The van der Waals surface area contributed by atoms with E-state index >= 15 is 0 Å². The van der Waals surface area contributed by atoms with E-state index in [0.717, 1.165) is 41.9 Å². The SMILES string of the molecule is O=C(CCC(F)(F)F)Nc1nnc(C2CCCC(c3nnc(NC(=O)CCC(F)(F)F)s3)C2)s1. The van der Waals surface area contributed by atoms with E-state index in [2.05, 4.69) is 31.0 Å². The summed E-state index contributed by atoms with van der Waals surface area (Å²) in [6.07, 6.45) is -9.62. The Morgan fingerprint density at radius 3 is 1.56 bits per heavy atom. The van der Waals surface area contributed by atoms with Crippen LogP contribution >= 0.6 is 22.7 Å². The average molecular weight is 531 g/mol. The lowest BCUT2D eigenvalue weighted by molar-refractivity contribution is -0.142. The number of hydrogen-bond acceptors (Lipinski definition) is 8. The fourth-order valence-corrected chi connectivity index (χ4v) is 5.23. The van der Waals surface area contributed by atoms with Gasteiger partial charge in [-0.05, 0) is 19.3 Å². The van der Waals surface area contributed by atoms with E-state index in [1.165, 1.54) is 0 Å². The van der Waals surface area contributed by atoms with Crippen LogP contribution in [0.3, 0.4) is 0 Å². The molecule has 0 saturated heterocycles. The molecule has 2 heterocycles. The van der Waals surface area contributed by atoms with Gasteiger partial charge in [0.15, 0.2) is 0 Å². The number of carbonyl (C=O) groups excluding carboxylic acids is 2. The molecule has 0 aromatic carbocycles. The molecule has 1 aliphatic carbocycles. The van der Waals surface area contributed by atoms with Crippen molar-refractivity contribution in [2.75, 3.05) is 10.6 Å². The van der Waals surface area contributed by atoms with Crippen molar-refractivity contribution in [2.24, 2.45) is 0 Å². The second kappa shape index (κ2) is 10.9. The van der Waals surface area contributed by atoms with Crippen molar-refractivity contribution in [3.63, 3.8) is 0 Å². The number of amides is 2. The number of rotatable bonds is 8. The standard InChI is InChI=1S/C18H20F6N6O2S2/c19-17(20,21)6-4-11(31)25-15-29-27-13(33-15)9-2-1-3-10(8-9)14-28-30-16(34-14)26-12(32)5-7-18(22,23)24/h9-10H,1-8H2,(H,25,29,31)(H,26,30,32). The molecule has 16 heteroatoms. The molecule has 2 atom stereocenters. The van der Waals surface area contributed by atoms with Crippen molar-refractivity contribution >= 4 is 44.8 Å². The van der Waals surface area contributed by atoms with Crippen molar-refractivity contribution in [3.05, 3.63) is 10.0 Å². The lowest BCUT2D eigenvalue weighted by Crippen LogP contribution is -2.16. The molecule has 2 amide bonds. The van der Waals surface area contributed by atoms with Gasteiger partial charge in [0.25, 0.3) is 0 Å². The van der Waals surface area contributed by atoms with E-state index in [4.69, 9.17) is 0 Å². The number of halogens is 6. The third kappa shape index (κ3) is 8.45. The van der Waals surface area contributed by atoms with E-state index in [1.807, 2.05) is 0 Å². The fourth-order valence-electron chi connectivity index (χ4n) is 3.41. The fraction of sp³-hybridized carbons (Fsp3) is 0.667. The first-order chi connectivity index (χ1) is 15.9. The van der Waals surface area contributed by atoms with Gasteiger partial charge < -0.3 is 10.6 Å². The third-order valence-electron chi connectivity index (χ3n) is 5.02. The summed E-state index contributed by atoms with van der Waals surface area (Å²) < 4.78 is 73.5. The van der Waals surface area contributed by atoms with Gasteiger partial charge in [-0.2, -0.15) is 26.3 Å². The van der Waals surface area contributed by atoms with E-state index in [9.17, 15) is 35.9 Å². The summed E-state index contributed by atoms with van der Waals surface area (Å²) in [5, 5.41) is 22.0. The molecule has 0 bridgehead atoms. The van der Waals surface area contributed by atoms with Gasteiger partial charge in [-0.1, -0.05) is 29.1 Å². The maximum absolute atomic E-state index is 12.2. The minimum atomic E-state index is -4.42. The number of anilines is 2. The van der Waals surface area contributed by atoms with Crippen molar-refractivity contribution in [2.45, 2.75) is 75.6 Å². The molecule has 2 N–H and O–H groups in total. The summed E-state index contributed by atoms with van der Waals surface area (Å²) in [4.78, 5) is 23.4. The summed E-state index contributed by atoms with van der Waals surface area (Å²) >= 11 is 2.20. The van der Waals surface area contributed by atoms with Crippen LogP contribution in [0.5, 0.6) is 0 Å². The first-order valence-electron chi connectivity index (χ1n) is 10.3. The van der Waals surface area contributed by atoms with Crippen molar-refractivity contribution < 1.29 is 35.9 Å². The van der Waals surface area contributed by atoms with Gasteiger partial charge in [0.1, 0.15) is 10.0 Å². The molecule has 2 unspecified atom stereocenters. The molecule has 3 rings (SSSR count). The Bertz CT molecular complexity index is 916. The molecule has 1 saturated carbocycles. The summed E-state index contributed by atoms with van der Waals surface area (Å²) in [6, 6.07) is 0. The molecule has 1 fully saturated rings. The maximum atomic E-state index is 12.2. The lowest BCUT2D eigenvalue weighted by Gasteiger charge is -2.25. The number of nitrogens with zero attached hydrogens (tertiary/aromatic N) is 4. The Hall–Kier alpha value is -2.36. The summed E-state index contributed by atoms with van der Waals surface area (Å²) in [7, 11) is 0. The Morgan fingerprint density at radius 1 is 0.765 bits per heavy atom. The normalized spacial score (nSPS) is 19.1. The monoisotopic (exact) mass is 530 g/mol. The topological polar surface area (TPSA) is 110 Å². The smallest absolute Gasteiger partial charge is 0.301 e. The highest BCUT2D eigenvalue weighted by Gasteiger charge is 2.31. The molecule has 1 aliphatic rings. The molecule has 34 heavy (non-hydrogen) atoms. The van der Waals surface area contributed by atoms with Gasteiger partial charge in [0, 0.05) is 24.7 Å². The number of nitrogens with one attached hydrogen (secondary N) is 2. The van der Waals surface area contributed by atoms with E-state index in [-0.39, 0.29) is 22.1 Å². The van der Waals surface area contributed by atoms with Crippen LogP contribution in [-0.4, -0.2) is 44.6 Å². The number of alkyl halides is 6. The molecular weight excluding hydrogens is 510 g/mol. The number of hydrogen-bond donors (Lipinski definition) is 2. The quantitative estimate of drug-likeness (QED) is 0.443. The van der Waals surface area contributed by atoms with E-state index in [1.54, 1.807) is 0 Å². The van der Waals surface area contributed by atoms with Gasteiger partial charge in [0.2, 0.25) is 22.1 Å². The Balaban J connectivity index is 1.53. The van der Waals surface area contributed by atoms with Crippen molar-refractivity contribution in [1.82, 2.24) is 20.4 Å².